The number of phenols is 2. The molecule has 5 heteroatoms. The fourth-order valence-corrected chi connectivity index (χ4v) is 4.58. The molecule has 0 heterocycles. The van der Waals surface area contributed by atoms with E-state index in [9.17, 15) is 15.0 Å². The van der Waals surface area contributed by atoms with Gasteiger partial charge in [-0.05, 0) is 30.5 Å². The summed E-state index contributed by atoms with van der Waals surface area (Å²) in [4.78, 5) is 13.3. The normalized spacial score (nSPS) is 10.9. The first kappa shape index (κ1) is 28.5. The zero-order valence-corrected chi connectivity index (χ0v) is 21.9. The molecule has 0 unspecified atom stereocenters. The van der Waals surface area contributed by atoms with Gasteiger partial charge in [0.15, 0.2) is 11.5 Å². The molecule has 0 radical (unpaired) electrons. The Morgan fingerprint density at radius 3 is 1.77 bits per heavy atom. The first-order valence-corrected chi connectivity index (χ1v) is 13.3. The van der Waals surface area contributed by atoms with Crippen molar-refractivity contribution in [3.63, 3.8) is 0 Å². The van der Waals surface area contributed by atoms with E-state index in [1.807, 2.05) is 6.07 Å². The SMILES string of the molecule is CCCCCCCCCCCCCCCc1cccc(O)c1C(=O)c1cc(OC)c(OC)cc1O. The molecule has 2 rings (SSSR count). The molecule has 0 saturated carbocycles. The summed E-state index contributed by atoms with van der Waals surface area (Å²) in [6, 6.07) is 7.97. The van der Waals surface area contributed by atoms with E-state index < -0.39 is 5.78 Å². The van der Waals surface area contributed by atoms with E-state index in [0.717, 1.165) is 18.4 Å². The van der Waals surface area contributed by atoms with Gasteiger partial charge in [-0.1, -0.05) is 96.1 Å². The number of carbonyl (C=O) groups excluding carboxylic acids is 1. The van der Waals surface area contributed by atoms with Crippen molar-refractivity contribution in [2.45, 2.75) is 96.8 Å². The highest BCUT2D eigenvalue weighted by atomic mass is 16.5. The molecule has 0 aliphatic carbocycles. The third-order valence-corrected chi connectivity index (χ3v) is 6.65. The summed E-state index contributed by atoms with van der Waals surface area (Å²) < 4.78 is 10.5. The van der Waals surface area contributed by atoms with Crippen molar-refractivity contribution in [1.82, 2.24) is 0 Å². The van der Waals surface area contributed by atoms with Gasteiger partial charge >= 0.3 is 0 Å². The predicted octanol–water partition coefficient (Wildman–Crippen LogP) is 7.98. The van der Waals surface area contributed by atoms with Gasteiger partial charge in [0.25, 0.3) is 0 Å². The van der Waals surface area contributed by atoms with Gasteiger partial charge in [0.05, 0.1) is 25.3 Å². The number of benzene rings is 2. The Morgan fingerprint density at radius 2 is 1.23 bits per heavy atom. The highest BCUT2D eigenvalue weighted by Crippen LogP contribution is 2.37. The van der Waals surface area contributed by atoms with Crippen LogP contribution in [0.2, 0.25) is 0 Å². The number of hydrogen-bond donors (Lipinski definition) is 2. The molecule has 0 amide bonds. The van der Waals surface area contributed by atoms with Crippen molar-refractivity contribution in [2.75, 3.05) is 14.2 Å². The van der Waals surface area contributed by atoms with Crippen LogP contribution in [0.25, 0.3) is 0 Å². The third kappa shape index (κ3) is 9.12. The molecular formula is C30H44O5. The number of aryl methyl sites for hydroxylation is 1. The fourth-order valence-electron chi connectivity index (χ4n) is 4.58. The van der Waals surface area contributed by atoms with Crippen LogP contribution in [0, 0.1) is 0 Å². The van der Waals surface area contributed by atoms with Crippen LogP contribution in [0.3, 0.4) is 0 Å². The maximum atomic E-state index is 13.3. The Bertz CT molecular complexity index is 906. The summed E-state index contributed by atoms with van der Waals surface area (Å²) >= 11 is 0. The van der Waals surface area contributed by atoms with Crippen LogP contribution >= 0.6 is 0 Å². The summed E-state index contributed by atoms with van der Waals surface area (Å²) in [6.45, 7) is 2.26. The van der Waals surface area contributed by atoms with Crippen molar-refractivity contribution in [1.29, 1.82) is 0 Å². The number of aromatic hydroxyl groups is 2. The van der Waals surface area contributed by atoms with Crippen LogP contribution in [-0.2, 0) is 6.42 Å². The average molecular weight is 485 g/mol. The van der Waals surface area contributed by atoms with Gasteiger partial charge in [0.2, 0.25) is 5.78 Å². The number of unbranched alkanes of at least 4 members (excludes halogenated alkanes) is 12. The first-order chi connectivity index (χ1) is 17.0. The van der Waals surface area contributed by atoms with E-state index in [2.05, 4.69) is 6.92 Å². The Morgan fingerprint density at radius 1 is 0.714 bits per heavy atom. The minimum Gasteiger partial charge on any atom is -0.507 e. The van der Waals surface area contributed by atoms with Crippen molar-refractivity contribution in [3.8, 4) is 23.0 Å². The van der Waals surface area contributed by atoms with Crippen LogP contribution < -0.4 is 9.47 Å². The molecule has 35 heavy (non-hydrogen) atoms. The number of ether oxygens (including phenoxy) is 2. The second-order valence-corrected chi connectivity index (χ2v) is 9.36. The smallest absolute Gasteiger partial charge is 0.200 e. The number of phenolic OH excluding ortho intramolecular Hbond substituents is 2. The number of ketones is 1. The lowest BCUT2D eigenvalue weighted by Crippen LogP contribution is -2.07. The first-order valence-electron chi connectivity index (χ1n) is 13.3. The topological polar surface area (TPSA) is 76.0 Å². The molecule has 0 aromatic heterocycles. The highest BCUT2D eigenvalue weighted by Gasteiger charge is 2.23. The van der Waals surface area contributed by atoms with E-state index in [1.165, 1.54) is 103 Å². The molecule has 2 aromatic rings. The van der Waals surface area contributed by atoms with E-state index in [1.54, 1.807) is 6.07 Å². The van der Waals surface area contributed by atoms with Gasteiger partial charge in [0.1, 0.15) is 11.5 Å². The van der Waals surface area contributed by atoms with Crippen LogP contribution in [0.15, 0.2) is 30.3 Å². The predicted molar refractivity (Wildman–Crippen MR) is 142 cm³/mol. The fraction of sp³-hybridized carbons (Fsp3) is 0.567. The van der Waals surface area contributed by atoms with Crippen LogP contribution in [-0.4, -0.2) is 30.2 Å². The quantitative estimate of drug-likeness (QED) is 0.166. The average Bonchev–Trinajstić information content (AvgIpc) is 2.86. The summed E-state index contributed by atoms with van der Waals surface area (Å²) in [6.07, 6.45) is 17.4. The van der Waals surface area contributed by atoms with E-state index in [0.29, 0.717) is 17.9 Å². The molecule has 2 aromatic carbocycles. The van der Waals surface area contributed by atoms with Crippen LogP contribution in [0.5, 0.6) is 23.0 Å². The zero-order valence-electron chi connectivity index (χ0n) is 21.9. The van der Waals surface area contributed by atoms with Gasteiger partial charge < -0.3 is 19.7 Å². The van der Waals surface area contributed by atoms with Crippen LogP contribution in [0.1, 0.15) is 112 Å². The zero-order chi connectivity index (χ0) is 25.5. The van der Waals surface area contributed by atoms with Gasteiger partial charge in [-0.2, -0.15) is 0 Å². The minimum atomic E-state index is -0.425. The van der Waals surface area contributed by atoms with E-state index >= 15 is 0 Å². The maximum Gasteiger partial charge on any atom is 0.200 e. The second-order valence-electron chi connectivity index (χ2n) is 9.36. The third-order valence-electron chi connectivity index (χ3n) is 6.65. The summed E-state index contributed by atoms with van der Waals surface area (Å²) in [7, 11) is 2.94. The Balaban J connectivity index is 1.83. The number of methoxy groups -OCH3 is 2. The van der Waals surface area contributed by atoms with E-state index in [-0.39, 0.29) is 22.6 Å². The van der Waals surface area contributed by atoms with Gasteiger partial charge in [-0.15, -0.1) is 0 Å². The summed E-state index contributed by atoms with van der Waals surface area (Å²) in [5, 5.41) is 20.9. The molecule has 0 atom stereocenters. The maximum absolute atomic E-state index is 13.3. The standard InChI is InChI=1S/C30H44O5/c1-4-5-6-7-8-9-10-11-12-13-14-15-16-18-23-19-17-20-25(31)29(23)30(33)24-21-27(34-2)28(35-3)22-26(24)32/h17,19-22,31-32H,4-16,18H2,1-3H3. The molecule has 2 N–H and O–H groups in total. The van der Waals surface area contributed by atoms with Crippen molar-refractivity contribution in [3.05, 3.63) is 47.0 Å². The molecule has 194 valence electrons. The van der Waals surface area contributed by atoms with Gasteiger partial charge in [0, 0.05) is 6.07 Å². The van der Waals surface area contributed by atoms with Gasteiger partial charge in [-0.25, -0.2) is 0 Å². The van der Waals surface area contributed by atoms with Crippen molar-refractivity contribution < 1.29 is 24.5 Å². The largest absolute Gasteiger partial charge is 0.507 e. The van der Waals surface area contributed by atoms with E-state index in [4.69, 9.17) is 9.47 Å². The molecule has 0 bridgehead atoms. The lowest BCUT2D eigenvalue weighted by molar-refractivity contribution is 0.103. The van der Waals surface area contributed by atoms with Crippen molar-refractivity contribution >= 4 is 5.78 Å². The Labute approximate surface area is 211 Å². The number of rotatable bonds is 18. The Kier molecular flexibility index (Phi) is 13.1. The monoisotopic (exact) mass is 484 g/mol. The molecule has 0 fully saturated rings. The molecule has 0 aliphatic rings. The summed E-state index contributed by atoms with van der Waals surface area (Å²) in [5.41, 5.74) is 1.12. The number of carbonyl (C=O) groups is 1. The lowest BCUT2D eigenvalue weighted by atomic mass is 9.93. The Hall–Kier alpha value is -2.69. The highest BCUT2D eigenvalue weighted by molar-refractivity contribution is 6.13. The number of hydrogen-bond acceptors (Lipinski definition) is 5. The molecular weight excluding hydrogens is 440 g/mol. The van der Waals surface area contributed by atoms with Gasteiger partial charge in [-0.3, -0.25) is 4.79 Å². The molecule has 5 nitrogen and oxygen atoms in total. The molecule has 0 saturated heterocycles. The molecule has 0 aliphatic heterocycles. The minimum absolute atomic E-state index is 0.0728. The second kappa shape index (κ2) is 16.1. The lowest BCUT2D eigenvalue weighted by Gasteiger charge is -2.14. The molecule has 0 spiro atoms. The van der Waals surface area contributed by atoms with Crippen molar-refractivity contribution in [2.24, 2.45) is 0 Å². The summed E-state index contributed by atoms with van der Waals surface area (Å²) in [5.74, 6) is -0.0152. The van der Waals surface area contributed by atoms with Crippen LogP contribution in [0.4, 0.5) is 0 Å².